The van der Waals surface area contributed by atoms with Crippen molar-refractivity contribution in [3.8, 4) is 0 Å². The first kappa shape index (κ1) is 14.0. The van der Waals surface area contributed by atoms with Crippen LogP contribution >= 0.6 is 30.8 Å². The molecule has 0 spiro atoms. The first-order chi connectivity index (χ1) is 8.63. The van der Waals surface area contributed by atoms with E-state index in [9.17, 15) is 4.57 Å². The highest BCUT2D eigenvalue weighted by Gasteiger charge is 2.41. The third-order valence-corrected chi connectivity index (χ3v) is 6.06. The minimum Gasteiger partial charge on any atom is -0.306 e. The number of anilines is 2. The average Bonchev–Trinajstić information content (AvgIpc) is 2.63. The first-order valence-corrected chi connectivity index (χ1v) is 8.40. The summed E-state index contributed by atoms with van der Waals surface area (Å²) in [6.07, 6.45) is 0. The molecule has 0 saturated heterocycles. The van der Waals surface area contributed by atoms with Gasteiger partial charge in [-0.05, 0) is 12.1 Å². The second kappa shape index (κ2) is 5.70. The fourth-order valence-electron chi connectivity index (χ4n) is 2.07. The van der Waals surface area contributed by atoms with Crippen LogP contribution < -0.4 is 9.76 Å². The van der Waals surface area contributed by atoms with E-state index in [4.69, 9.17) is 23.2 Å². The Bertz CT molecular complexity index is 465. The lowest BCUT2D eigenvalue weighted by Crippen LogP contribution is -2.32. The van der Waals surface area contributed by atoms with Crippen LogP contribution in [0.5, 0.6) is 0 Å². The van der Waals surface area contributed by atoms with Gasteiger partial charge in [0.2, 0.25) is 0 Å². The number of halogens is 2. The Morgan fingerprint density at radius 1 is 1.28 bits per heavy atom. The van der Waals surface area contributed by atoms with Gasteiger partial charge in [0, 0.05) is 31.9 Å². The molecule has 1 heterocycles. The van der Waals surface area contributed by atoms with Gasteiger partial charge in [-0.1, -0.05) is 12.1 Å². The maximum absolute atomic E-state index is 13.1. The van der Waals surface area contributed by atoms with Crippen molar-refractivity contribution in [2.24, 2.45) is 0 Å². The van der Waals surface area contributed by atoms with Gasteiger partial charge >= 0.3 is 7.59 Å². The molecule has 1 aliphatic heterocycles. The predicted molar refractivity (Wildman–Crippen MR) is 79.1 cm³/mol. The number of nitrogens with one attached hydrogen (secondary N) is 1. The molecule has 0 radical (unpaired) electrons. The molecule has 1 N–H and O–H groups in total. The third kappa shape index (κ3) is 2.35. The van der Waals surface area contributed by atoms with Crippen molar-refractivity contribution in [3.63, 3.8) is 0 Å². The summed E-state index contributed by atoms with van der Waals surface area (Å²) in [5.74, 6) is 0.847. The molecule has 2 rings (SSSR count). The Morgan fingerprint density at radius 3 is 2.44 bits per heavy atom. The maximum Gasteiger partial charge on any atom is 0.333 e. The molecular weight excluding hydrogens is 292 g/mol. The van der Waals surface area contributed by atoms with Crippen LogP contribution in [0.1, 0.15) is 0 Å². The van der Waals surface area contributed by atoms with E-state index in [0.717, 1.165) is 11.4 Å². The summed E-state index contributed by atoms with van der Waals surface area (Å²) in [5.41, 5.74) is 1.83. The summed E-state index contributed by atoms with van der Waals surface area (Å²) >= 11 is 11.6. The monoisotopic (exact) mass is 307 g/mol. The summed E-state index contributed by atoms with van der Waals surface area (Å²) in [5, 5.41) is 3.12. The van der Waals surface area contributed by atoms with Crippen molar-refractivity contribution in [1.29, 1.82) is 0 Å². The standard InChI is InChI=1S/C11H16Cl2N3OP/c1-15-11-5-3-2-4-10(11)14-18(15,17)16(8-6-12)9-7-13/h2-5H,6-9H2,1H3,(H,14,17). The predicted octanol–water partition coefficient (Wildman–Crippen LogP) is 3.44. The highest BCUT2D eigenvalue weighted by molar-refractivity contribution is 7.65. The van der Waals surface area contributed by atoms with Gasteiger partial charge in [0.15, 0.2) is 0 Å². The van der Waals surface area contributed by atoms with Gasteiger partial charge in [-0.25, -0.2) is 4.67 Å². The number of hydrogen-bond acceptors (Lipinski definition) is 1. The summed E-state index contributed by atoms with van der Waals surface area (Å²) in [6, 6.07) is 7.72. The fourth-order valence-corrected chi connectivity index (χ4v) is 5.09. The second-order valence-corrected chi connectivity index (χ2v) is 7.26. The van der Waals surface area contributed by atoms with Gasteiger partial charge in [0.25, 0.3) is 0 Å². The van der Waals surface area contributed by atoms with E-state index in [1.54, 1.807) is 4.67 Å². The minimum absolute atomic E-state index is 0.423. The van der Waals surface area contributed by atoms with E-state index in [0.29, 0.717) is 24.8 Å². The fraction of sp³-hybridized carbons (Fsp3) is 0.455. The van der Waals surface area contributed by atoms with Crippen LogP contribution in [0.4, 0.5) is 11.4 Å². The zero-order valence-electron chi connectivity index (χ0n) is 10.1. The number of fused-ring (bicyclic) bond motifs is 1. The van der Waals surface area contributed by atoms with Crippen LogP contribution in [-0.4, -0.2) is 36.6 Å². The number of rotatable bonds is 5. The lowest BCUT2D eigenvalue weighted by Gasteiger charge is -2.32. The van der Waals surface area contributed by atoms with Gasteiger partial charge in [0.1, 0.15) is 0 Å². The Kier molecular flexibility index (Phi) is 4.44. The molecule has 0 amide bonds. The number of nitrogens with zero attached hydrogens (tertiary/aromatic N) is 2. The summed E-state index contributed by atoms with van der Waals surface area (Å²) in [4.78, 5) is 0. The lowest BCUT2D eigenvalue weighted by molar-refractivity contribution is 0.450. The van der Waals surface area contributed by atoms with Gasteiger partial charge in [-0.3, -0.25) is 9.24 Å². The number of benzene rings is 1. The number of alkyl halides is 2. The maximum atomic E-state index is 13.1. The van der Waals surface area contributed by atoms with Crippen molar-refractivity contribution >= 4 is 42.2 Å². The normalized spacial score (nSPS) is 22.1. The zero-order chi connectivity index (χ0) is 13.2. The van der Waals surface area contributed by atoms with Gasteiger partial charge < -0.3 is 5.09 Å². The van der Waals surface area contributed by atoms with Crippen LogP contribution in [0, 0.1) is 0 Å². The summed E-state index contributed by atoms with van der Waals surface area (Å²) < 4.78 is 16.7. The SMILES string of the molecule is CN1c2ccccc2NP1(=O)N(CCCl)CCCl. The Hall–Kier alpha value is -0.410. The Labute approximate surface area is 117 Å². The first-order valence-electron chi connectivity index (χ1n) is 5.72. The molecule has 1 aromatic carbocycles. The molecule has 1 atom stereocenters. The van der Waals surface area contributed by atoms with E-state index in [-0.39, 0.29) is 0 Å². The molecule has 18 heavy (non-hydrogen) atoms. The van der Waals surface area contributed by atoms with Gasteiger partial charge in [-0.15, -0.1) is 23.2 Å². The van der Waals surface area contributed by atoms with Crippen molar-refractivity contribution in [2.75, 3.05) is 41.7 Å². The summed E-state index contributed by atoms with van der Waals surface area (Å²) in [6.45, 7) is 1.08. The molecule has 1 aliphatic rings. The van der Waals surface area contributed by atoms with E-state index < -0.39 is 7.59 Å². The van der Waals surface area contributed by atoms with Crippen LogP contribution in [0.2, 0.25) is 0 Å². The summed E-state index contributed by atoms with van der Waals surface area (Å²) in [7, 11) is -1.01. The average molecular weight is 308 g/mol. The highest BCUT2D eigenvalue weighted by atomic mass is 35.5. The molecule has 0 aliphatic carbocycles. The topological polar surface area (TPSA) is 35.6 Å². The molecule has 0 saturated carbocycles. The Morgan fingerprint density at radius 2 is 1.89 bits per heavy atom. The lowest BCUT2D eigenvalue weighted by atomic mass is 10.3. The smallest absolute Gasteiger partial charge is 0.306 e. The third-order valence-electron chi connectivity index (χ3n) is 2.99. The van der Waals surface area contributed by atoms with Crippen LogP contribution in [0.25, 0.3) is 0 Å². The van der Waals surface area contributed by atoms with Crippen molar-refractivity contribution in [1.82, 2.24) is 4.67 Å². The largest absolute Gasteiger partial charge is 0.333 e. The molecule has 0 bridgehead atoms. The van der Waals surface area contributed by atoms with Gasteiger partial charge in [0.05, 0.1) is 11.4 Å². The quantitative estimate of drug-likeness (QED) is 0.668. The second-order valence-electron chi connectivity index (χ2n) is 4.03. The zero-order valence-corrected chi connectivity index (χ0v) is 12.5. The van der Waals surface area contributed by atoms with Crippen LogP contribution in [0.15, 0.2) is 24.3 Å². The molecule has 1 unspecified atom stereocenters. The van der Waals surface area contributed by atoms with Crippen LogP contribution in [0.3, 0.4) is 0 Å². The van der Waals surface area contributed by atoms with Crippen molar-refractivity contribution in [2.45, 2.75) is 0 Å². The molecule has 1 aromatic rings. The van der Waals surface area contributed by atoms with E-state index in [1.165, 1.54) is 0 Å². The molecule has 0 fully saturated rings. The van der Waals surface area contributed by atoms with E-state index in [1.807, 2.05) is 36.0 Å². The van der Waals surface area contributed by atoms with Crippen molar-refractivity contribution < 1.29 is 4.57 Å². The van der Waals surface area contributed by atoms with Gasteiger partial charge in [-0.2, -0.15) is 0 Å². The molecule has 0 aromatic heterocycles. The molecular formula is C11H16Cl2N3OP. The molecule has 4 nitrogen and oxygen atoms in total. The minimum atomic E-state index is -2.84. The Balaban J connectivity index is 2.31. The van der Waals surface area contributed by atoms with E-state index in [2.05, 4.69) is 5.09 Å². The van der Waals surface area contributed by atoms with Crippen LogP contribution in [-0.2, 0) is 4.57 Å². The van der Waals surface area contributed by atoms with Crippen molar-refractivity contribution in [3.05, 3.63) is 24.3 Å². The molecule has 100 valence electrons. The van der Waals surface area contributed by atoms with E-state index >= 15 is 0 Å². The highest BCUT2D eigenvalue weighted by Crippen LogP contribution is 2.60. The molecule has 7 heteroatoms. The number of hydrogen-bond donors (Lipinski definition) is 1. The number of para-hydroxylation sites is 2.